The standard InChI is InChI=1S/C16H25N3O/c1-12-7-13(2)10-19(9-12)11-16(20)18-15-5-3-14(8-17)4-6-15/h3-6,12-13H,7-11,17H2,1-2H3,(H,18,20). The van der Waals surface area contributed by atoms with Crippen LogP contribution in [0.3, 0.4) is 0 Å². The lowest BCUT2D eigenvalue weighted by atomic mass is 9.92. The van der Waals surface area contributed by atoms with Crippen LogP contribution >= 0.6 is 0 Å². The first kappa shape index (κ1) is 15.0. The summed E-state index contributed by atoms with van der Waals surface area (Å²) in [5, 5.41) is 2.95. The van der Waals surface area contributed by atoms with E-state index in [9.17, 15) is 4.79 Å². The van der Waals surface area contributed by atoms with Crippen molar-refractivity contribution in [1.82, 2.24) is 4.90 Å². The fourth-order valence-corrected chi connectivity index (χ4v) is 3.05. The zero-order valence-electron chi connectivity index (χ0n) is 12.4. The summed E-state index contributed by atoms with van der Waals surface area (Å²) in [5.41, 5.74) is 7.47. The number of piperidine rings is 1. The highest BCUT2D eigenvalue weighted by Gasteiger charge is 2.23. The first-order valence-corrected chi connectivity index (χ1v) is 7.38. The number of amides is 1. The third kappa shape index (κ3) is 4.32. The van der Waals surface area contributed by atoms with Gasteiger partial charge in [0.15, 0.2) is 0 Å². The van der Waals surface area contributed by atoms with Gasteiger partial charge in [0, 0.05) is 25.3 Å². The molecule has 110 valence electrons. The minimum absolute atomic E-state index is 0.0619. The van der Waals surface area contributed by atoms with Gasteiger partial charge in [0.05, 0.1) is 6.54 Å². The lowest BCUT2D eigenvalue weighted by molar-refractivity contribution is -0.117. The molecule has 1 heterocycles. The van der Waals surface area contributed by atoms with E-state index in [2.05, 4.69) is 24.1 Å². The van der Waals surface area contributed by atoms with E-state index in [0.717, 1.165) is 24.3 Å². The largest absolute Gasteiger partial charge is 0.326 e. The highest BCUT2D eigenvalue weighted by Crippen LogP contribution is 2.20. The molecule has 1 aromatic rings. The molecule has 2 rings (SSSR count). The summed E-state index contributed by atoms with van der Waals surface area (Å²) in [4.78, 5) is 14.3. The first-order valence-electron chi connectivity index (χ1n) is 7.38. The van der Waals surface area contributed by atoms with Gasteiger partial charge in [-0.2, -0.15) is 0 Å². The number of carbonyl (C=O) groups excluding carboxylic acids is 1. The molecule has 1 aliphatic rings. The third-order valence-corrected chi connectivity index (χ3v) is 3.79. The van der Waals surface area contributed by atoms with Crippen LogP contribution in [0.15, 0.2) is 24.3 Å². The van der Waals surface area contributed by atoms with Crippen molar-refractivity contribution in [2.75, 3.05) is 25.0 Å². The van der Waals surface area contributed by atoms with E-state index in [0.29, 0.717) is 24.9 Å². The summed E-state index contributed by atoms with van der Waals surface area (Å²) >= 11 is 0. The van der Waals surface area contributed by atoms with E-state index in [4.69, 9.17) is 5.73 Å². The Morgan fingerprint density at radius 3 is 2.40 bits per heavy atom. The van der Waals surface area contributed by atoms with Crippen molar-refractivity contribution < 1.29 is 4.79 Å². The average Bonchev–Trinajstić information content (AvgIpc) is 2.38. The second-order valence-corrected chi connectivity index (χ2v) is 6.09. The molecule has 0 spiro atoms. The Kier molecular flexibility index (Phi) is 5.15. The first-order chi connectivity index (χ1) is 9.56. The summed E-state index contributed by atoms with van der Waals surface area (Å²) in [6, 6.07) is 7.70. The van der Waals surface area contributed by atoms with Gasteiger partial charge in [-0.25, -0.2) is 0 Å². The molecule has 2 unspecified atom stereocenters. The molecule has 0 bridgehead atoms. The molecule has 2 atom stereocenters. The number of hydrogen-bond acceptors (Lipinski definition) is 3. The second-order valence-electron chi connectivity index (χ2n) is 6.09. The number of benzene rings is 1. The minimum atomic E-state index is 0.0619. The van der Waals surface area contributed by atoms with Gasteiger partial charge in [-0.1, -0.05) is 26.0 Å². The quantitative estimate of drug-likeness (QED) is 0.884. The molecule has 0 aromatic heterocycles. The number of likely N-dealkylation sites (tertiary alicyclic amines) is 1. The van der Waals surface area contributed by atoms with E-state index < -0.39 is 0 Å². The maximum absolute atomic E-state index is 12.1. The van der Waals surface area contributed by atoms with Crippen LogP contribution in [0.2, 0.25) is 0 Å². The fraction of sp³-hybridized carbons (Fsp3) is 0.562. The molecule has 1 saturated heterocycles. The van der Waals surface area contributed by atoms with Crippen LogP contribution in [0, 0.1) is 11.8 Å². The van der Waals surface area contributed by atoms with Gasteiger partial charge in [0.25, 0.3) is 0 Å². The van der Waals surface area contributed by atoms with Crippen molar-refractivity contribution in [3.05, 3.63) is 29.8 Å². The number of rotatable bonds is 4. The Labute approximate surface area is 121 Å². The summed E-state index contributed by atoms with van der Waals surface area (Å²) < 4.78 is 0. The molecule has 1 aromatic carbocycles. The number of nitrogens with zero attached hydrogens (tertiary/aromatic N) is 1. The van der Waals surface area contributed by atoms with Crippen LogP contribution in [-0.2, 0) is 11.3 Å². The van der Waals surface area contributed by atoms with Crippen LogP contribution in [0.25, 0.3) is 0 Å². The van der Waals surface area contributed by atoms with E-state index in [1.54, 1.807) is 0 Å². The molecule has 20 heavy (non-hydrogen) atoms. The van der Waals surface area contributed by atoms with Gasteiger partial charge in [0.2, 0.25) is 5.91 Å². The van der Waals surface area contributed by atoms with Crippen molar-refractivity contribution in [1.29, 1.82) is 0 Å². The Morgan fingerprint density at radius 2 is 1.85 bits per heavy atom. The zero-order valence-corrected chi connectivity index (χ0v) is 12.4. The maximum atomic E-state index is 12.1. The van der Waals surface area contributed by atoms with E-state index in [1.165, 1.54) is 6.42 Å². The topological polar surface area (TPSA) is 58.4 Å². The van der Waals surface area contributed by atoms with Crippen molar-refractivity contribution in [3.63, 3.8) is 0 Å². The Balaban J connectivity index is 1.85. The highest BCUT2D eigenvalue weighted by atomic mass is 16.2. The fourth-order valence-electron chi connectivity index (χ4n) is 3.05. The second kappa shape index (κ2) is 6.86. The van der Waals surface area contributed by atoms with Gasteiger partial charge >= 0.3 is 0 Å². The normalized spacial score (nSPS) is 23.6. The maximum Gasteiger partial charge on any atom is 0.238 e. The number of carbonyl (C=O) groups is 1. The molecule has 3 N–H and O–H groups in total. The molecule has 1 amide bonds. The molecule has 0 saturated carbocycles. The van der Waals surface area contributed by atoms with Gasteiger partial charge in [0.1, 0.15) is 0 Å². The van der Waals surface area contributed by atoms with Gasteiger partial charge in [-0.05, 0) is 36.0 Å². The highest BCUT2D eigenvalue weighted by molar-refractivity contribution is 5.92. The predicted molar refractivity (Wildman–Crippen MR) is 82.3 cm³/mol. The number of hydrogen-bond donors (Lipinski definition) is 2. The Hall–Kier alpha value is -1.39. The average molecular weight is 275 g/mol. The van der Waals surface area contributed by atoms with E-state index >= 15 is 0 Å². The minimum Gasteiger partial charge on any atom is -0.326 e. The van der Waals surface area contributed by atoms with E-state index in [-0.39, 0.29) is 5.91 Å². The predicted octanol–water partition coefficient (Wildman–Crippen LogP) is 2.06. The zero-order chi connectivity index (χ0) is 14.5. The Morgan fingerprint density at radius 1 is 1.25 bits per heavy atom. The van der Waals surface area contributed by atoms with Crippen molar-refractivity contribution in [3.8, 4) is 0 Å². The van der Waals surface area contributed by atoms with Crippen LogP contribution in [0.4, 0.5) is 5.69 Å². The molecule has 0 radical (unpaired) electrons. The lowest BCUT2D eigenvalue weighted by Crippen LogP contribution is -2.42. The number of nitrogens with two attached hydrogens (primary N) is 1. The molecule has 4 nitrogen and oxygen atoms in total. The molecule has 0 aliphatic carbocycles. The van der Waals surface area contributed by atoms with Crippen molar-refractivity contribution in [2.45, 2.75) is 26.8 Å². The molecule has 1 aliphatic heterocycles. The summed E-state index contributed by atoms with van der Waals surface area (Å²) in [7, 11) is 0. The van der Waals surface area contributed by atoms with E-state index in [1.807, 2.05) is 24.3 Å². The number of nitrogens with one attached hydrogen (secondary N) is 1. The monoisotopic (exact) mass is 275 g/mol. The van der Waals surface area contributed by atoms with Gasteiger partial charge in [-0.15, -0.1) is 0 Å². The SMILES string of the molecule is CC1CC(C)CN(CC(=O)Nc2ccc(CN)cc2)C1. The van der Waals surface area contributed by atoms with Gasteiger partial charge in [-0.3, -0.25) is 9.69 Å². The summed E-state index contributed by atoms with van der Waals surface area (Å²) in [6.45, 7) is 7.55. The molecular weight excluding hydrogens is 250 g/mol. The van der Waals surface area contributed by atoms with Crippen molar-refractivity contribution in [2.24, 2.45) is 17.6 Å². The Bertz CT molecular complexity index is 434. The number of anilines is 1. The van der Waals surface area contributed by atoms with Crippen LogP contribution in [0.1, 0.15) is 25.8 Å². The van der Waals surface area contributed by atoms with Crippen LogP contribution in [-0.4, -0.2) is 30.4 Å². The lowest BCUT2D eigenvalue weighted by Gasteiger charge is -2.34. The molecular formula is C16H25N3O. The summed E-state index contributed by atoms with van der Waals surface area (Å²) in [6.07, 6.45) is 1.26. The smallest absolute Gasteiger partial charge is 0.238 e. The molecule has 4 heteroatoms. The van der Waals surface area contributed by atoms with Crippen molar-refractivity contribution >= 4 is 11.6 Å². The van der Waals surface area contributed by atoms with Crippen LogP contribution in [0.5, 0.6) is 0 Å². The summed E-state index contributed by atoms with van der Waals surface area (Å²) in [5.74, 6) is 1.41. The van der Waals surface area contributed by atoms with Gasteiger partial charge < -0.3 is 11.1 Å². The molecule has 1 fully saturated rings. The van der Waals surface area contributed by atoms with Crippen LogP contribution < -0.4 is 11.1 Å². The third-order valence-electron chi connectivity index (χ3n) is 3.79.